The summed E-state index contributed by atoms with van der Waals surface area (Å²) in [6.07, 6.45) is -16.3. The Bertz CT molecular complexity index is 1370. The molecule has 39 heavy (non-hydrogen) atoms. The molecule has 1 atom stereocenters. The van der Waals surface area contributed by atoms with E-state index in [1.165, 1.54) is 5.38 Å². The maximum atomic E-state index is 13.5. The predicted octanol–water partition coefficient (Wildman–Crippen LogP) is 7.23. The molecule has 1 aromatic heterocycles. The molecule has 0 spiro atoms. The number of hydrogen-bond acceptors (Lipinski definition) is 5. The van der Waals surface area contributed by atoms with Crippen molar-refractivity contribution in [3.8, 4) is 10.6 Å². The number of carbonyl (C=O) groups excluding carboxylic acids is 1. The van der Waals surface area contributed by atoms with Crippen LogP contribution in [0.2, 0.25) is 0 Å². The van der Waals surface area contributed by atoms with Crippen LogP contribution in [0.5, 0.6) is 0 Å². The number of aliphatic hydroxyl groups excluding tert-OH is 1. The van der Waals surface area contributed by atoms with E-state index in [1.807, 2.05) is 0 Å². The number of thiazole rings is 1. The van der Waals surface area contributed by atoms with Gasteiger partial charge in [0.2, 0.25) is 0 Å². The summed E-state index contributed by atoms with van der Waals surface area (Å²) >= 11 is 0.982. The number of benzene rings is 2. The second-order valence-electron chi connectivity index (χ2n) is 8.88. The number of nitrogens with zero attached hydrogens (tertiary/aromatic N) is 2. The lowest BCUT2D eigenvalue weighted by Gasteiger charge is -2.34. The van der Waals surface area contributed by atoms with Gasteiger partial charge in [0.1, 0.15) is 17.2 Å². The number of carbonyl (C=O) groups is 1. The van der Waals surface area contributed by atoms with Gasteiger partial charge in [-0.3, -0.25) is 4.90 Å². The smallest absolute Gasteiger partial charge is 0.416 e. The Hall–Kier alpha value is -3.33. The minimum Gasteiger partial charge on any atom is -0.447 e. The lowest BCUT2D eigenvalue weighted by Crippen LogP contribution is -2.42. The molecule has 0 bridgehead atoms. The van der Waals surface area contributed by atoms with Gasteiger partial charge in [0.15, 0.2) is 0 Å². The zero-order valence-corrected chi connectivity index (χ0v) is 20.4. The molecule has 2 aromatic carbocycles. The van der Waals surface area contributed by atoms with Crippen LogP contribution in [0.25, 0.3) is 10.6 Å². The molecule has 1 fully saturated rings. The van der Waals surface area contributed by atoms with Gasteiger partial charge in [0.25, 0.3) is 0 Å². The van der Waals surface area contributed by atoms with E-state index in [1.54, 1.807) is 0 Å². The van der Waals surface area contributed by atoms with Crippen molar-refractivity contribution in [1.82, 2.24) is 9.88 Å². The van der Waals surface area contributed by atoms with E-state index >= 15 is 0 Å². The molecule has 1 amide bonds. The minimum absolute atomic E-state index is 0.0685. The standard InChI is InChI=1S/C24H17F9N2O3S/c1-21(14-5-15(23(28,29)30)7-16(6-14)24(31,32)33)11-38-20(37)35(21)8-12-4-13(22(25,26)27)2-3-18(12)19-34-17(9-36)10-39-19/h2-7,10,36H,8-9,11H2,1H3. The molecule has 0 radical (unpaired) electrons. The Labute approximate surface area is 218 Å². The van der Waals surface area contributed by atoms with Crippen molar-refractivity contribution in [2.45, 2.75) is 44.1 Å². The summed E-state index contributed by atoms with van der Waals surface area (Å²) in [4.78, 5) is 17.6. The Morgan fingerprint density at radius 3 is 2.05 bits per heavy atom. The monoisotopic (exact) mass is 584 g/mol. The first-order valence-electron chi connectivity index (χ1n) is 10.9. The summed E-state index contributed by atoms with van der Waals surface area (Å²) in [7, 11) is 0. The van der Waals surface area contributed by atoms with Crippen LogP contribution in [0.1, 0.15) is 40.4 Å². The van der Waals surface area contributed by atoms with Crippen LogP contribution in [-0.4, -0.2) is 27.7 Å². The number of halogens is 9. The van der Waals surface area contributed by atoms with Crippen LogP contribution in [0.15, 0.2) is 41.8 Å². The molecule has 0 saturated carbocycles. The molecule has 1 saturated heterocycles. The summed E-state index contributed by atoms with van der Waals surface area (Å²) in [5.41, 5.74) is -6.63. The Balaban J connectivity index is 1.85. The predicted molar refractivity (Wildman–Crippen MR) is 119 cm³/mol. The Morgan fingerprint density at radius 2 is 1.54 bits per heavy atom. The lowest BCUT2D eigenvalue weighted by atomic mass is 9.88. The normalized spacial score (nSPS) is 18.5. The fraction of sp³-hybridized carbons (Fsp3) is 0.333. The van der Waals surface area contributed by atoms with Gasteiger partial charge in [-0.05, 0) is 48.4 Å². The van der Waals surface area contributed by atoms with Crippen molar-refractivity contribution in [1.29, 1.82) is 0 Å². The van der Waals surface area contributed by atoms with Crippen LogP contribution in [-0.2, 0) is 42.0 Å². The Morgan fingerprint density at radius 1 is 0.949 bits per heavy atom. The quantitative estimate of drug-likeness (QED) is 0.322. The molecular formula is C24H17F9N2O3S. The van der Waals surface area contributed by atoms with Gasteiger partial charge in [-0.1, -0.05) is 6.07 Å². The van der Waals surface area contributed by atoms with Crippen LogP contribution in [0.4, 0.5) is 44.3 Å². The zero-order valence-electron chi connectivity index (χ0n) is 19.6. The van der Waals surface area contributed by atoms with E-state index in [-0.39, 0.29) is 27.9 Å². The molecule has 0 aliphatic carbocycles. The van der Waals surface area contributed by atoms with Gasteiger partial charge in [-0.15, -0.1) is 11.3 Å². The maximum absolute atomic E-state index is 13.5. The summed E-state index contributed by atoms with van der Waals surface area (Å²) in [6, 6.07) is 3.40. The topological polar surface area (TPSA) is 62.7 Å². The minimum atomic E-state index is -5.16. The molecule has 210 valence electrons. The molecular weight excluding hydrogens is 567 g/mol. The van der Waals surface area contributed by atoms with E-state index < -0.39 is 72.2 Å². The van der Waals surface area contributed by atoms with Crippen LogP contribution >= 0.6 is 11.3 Å². The average Bonchev–Trinajstić information content (AvgIpc) is 3.43. The van der Waals surface area contributed by atoms with Crippen molar-refractivity contribution in [2.75, 3.05) is 6.61 Å². The number of aliphatic hydroxyl groups is 1. The van der Waals surface area contributed by atoms with Gasteiger partial charge >= 0.3 is 24.6 Å². The second-order valence-corrected chi connectivity index (χ2v) is 9.74. The molecule has 2 heterocycles. The highest BCUT2D eigenvalue weighted by molar-refractivity contribution is 7.13. The molecule has 15 heteroatoms. The van der Waals surface area contributed by atoms with E-state index in [4.69, 9.17) is 4.74 Å². The number of aromatic nitrogens is 1. The second kappa shape index (κ2) is 9.70. The number of hydrogen-bond donors (Lipinski definition) is 1. The molecule has 1 aliphatic rings. The third-order valence-electron chi connectivity index (χ3n) is 6.21. The molecule has 5 nitrogen and oxygen atoms in total. The van der Waals surface area contributed by atoms with E-state index in [9.17, 15) is 49.4 Å². The first-order chi connectivity index (χ1) is 17.9. The van der Waals surface area contributed by atoms with Crippen LogP contribution in [0.3, 0.4) is 0 Å². The molecule has 1 N–H and O–H groups in total. The fourth-order valence-corrected chi connectivity index (χ4v) is 4.96. The third-order valence-corrected chi connectivity index (χ3v) is 7.13. The molecule has 1 unspecified atom stereocenters. The van der Waals surface area contributed by atoms with E-state index in [0.717, 1.165) is 35.3 Å². The van der Waals surface area contributed by atoms with Crippen LogP contribution < -0.4 is 0 Å². The highest BCUT2D eigenvalue weighted by Crippen LogP contribution is 2.43. The van der Waals surface area contributed by atoms with Gasteiger partial charge < -0.3 is 9.84 Å². The number of alkyl halides is 9. The first-order valence-corrected chi connectivity index (χ1v) is 11.8. The van der Waals surface area contributed by atoms with Crippen molar-refractivity contribution >= 4 is 17.4 Å². The number of ether oxygens (including phenoxy) is 1. The number of amides is 1. The zero-order chi connectivity index (χ0) is 29.0. The van der Waals surface area contributed by atoms with Crippen molar-refractivity contribution in [2.24, 2.45) is 0 Å². The molecule has 1 aliphatic heterocycles. The highest BCUT2D eigenvalue weighted by atomic mass is 32.1. The largest absolute Gasteiger partial charge is 0.447 e. The SMILES string of the molecule is CC1(c2cc(C(F)(F)F)cc(C(F)(F)F)c2)COC(=O)N1Cc1cc(C(F)(F)F)ccc1-c1nc(CO)cs1. The summed E-state index contributed by atoms with van der Waals surface area (Å²) in [5.74, 6) is 0. The fourth-order valence-electron chi connectivity index (χ4n) is 4.09. The van der Waals surface area contributed by atoms with E-state index in [2.05, 4.69) is 4.98 Å². The van der Waals surface area contributed by atoms with Crippen LogP contribution in [0, 0.1) is 0 Å². The first kappa shape index (κ1) is 28.7. The summed E-state index contributed by atoms with van der Waals surface area (Å²) in [5, 5.41) is 10.9. The number of rotatable bonds is 5. The van der Waals surface area contributed by atoms with Gasteiger partial charge in [0, 0.05) is 10.9 Å². The third kappa shape index (κ3) is 5.69. The van der Waals surface area contributed by atoms with Crippen molar-refractivity contribution in [3.05, 3.63) is 75.3 Å². The van der Waals surface area contributed by atoms with Crippen molar-refractivity contribution in [3.63, 3.8) is 0 Å². The van der Waals surface area contributed by atoms with E-state index in [0.29, 0.717) is 18.2 Å². The Kier molecular flexibility index (Phi) is 7.13. The molecule has 3 aromatic rings. The lowest BCUT2D eigenvalue weighted by molar-refractivity contribution is -0.143. The summed E-state index contributed by atoms with van der Waals surface area (Å²) < 4.78 is 126. The van der Waals surface area contributed by atoms with Gasteiger partial charge in [-0.2, -0.15) is 39.5 Å². The van der Waals surface area contributed by atoms with Gasteiger partial charge in [-0.25, -0.2) is 9.78 Å². The van der Waals surface area contributed by atoms with Gasteiger partial charge in [0.05, 0.1) is 35.5 Å². The summed E-state index contributed by atoms with van der Waals surface area (Å²) in [6.45, 7) is -0.626. The molecule has 4 rings (SSSR count). The average molecular weight is 584 g/mol. The highest BCUT2D eigenvalue weighted by Gasteiger charge is 2.48. The maximum Gasteiger partial charge on any atom is 0.416 e. The van der Waals surface area contributed by atoms with Crippen molar-refractivity contribution < 1.29 is 54.2 Å². The number of cyclic esters (lactones) is 1.